The van der Waals surface area contributed by atoms with Crippen molar-refractivity contribution in [2.75, 3.05) is 6.61 Å². The summed E-state index contributed by atoms with van der Waals surface area (Å²) in [6, 6.07) is -3.14. The summed E-state index contributed by atoms with van der Waals surface area (Å²) in [5.41, 5.74) is -1.60. The van der Waals surface area contributed by atoms with Gasteiger partial charge in [-0.2, -0.15) is 0 Å². The topological polar surface area (TPSA) is 142 Å². The van der Waals surface area contributed by atoms with Crippen LogP contribution in [0.1, 0.15) is 60.8 Å². The molecule has 0 aliphatic carbocycles. The van der Waals surface area contributed by atoms with Crippen LogP contribution in [0.25, 0.3) is 0 Å². The highest BCUT2D eigenvalue weighted by atomic mass is 16.6. The van der Waals surface area contributed by atoms with Crippen molar-refractivity contribution < 1.29 is 38.9 Å². The minimum absolute atomic E-state index is 0.225. The van der Waals surface area contributed by atoms with Crippen LogP contribution < -0.4 is 5.32 Å². The monoisotopic (exact) mass is 416 g/mol. The molecule has 1 aliphatic rings. The summed E-state index contributed by atoms with van der Waals surface area (Å²) in [5, 5.41) is 21.1. The lowest BCUT2D eigenvalue weighted by Crippen LogP contribution is -2.56. The van der Waals surface area contributed by atoms with Gasteiger partial charge in [0.05, 0.1) is 13.0 Å². The SMILES string of the molecule is CC(C)(C)OC(=O)N[C@@H](CO)C(=O)N1[C@@H](CC(=O)O)CC[C@H]1C(=O)OC(C)(C)C. The zero-order chi connectivity index (χ0) is 22.6. The third kappa shape index (κ3) is 7.88. The fourth-order valence-corrected chi connectivity index (χ4v) is 3.03. The van der Waals surface area contributed by atoms with E-state index in [0.29, 0.717) is 0 Å². The number of alkyl carbamates (subject to hydrolysis) is 1. The number of nitrogens with zero attached hydrogens (tertiary/aromatic N) is 1. The summed E-state index contributed by atoms with van der Waals surface area (Å²) in [4.78, 5) is 50.0. The Bertz CT molecular complexity index is 635. The number of aliphatic hydroxyl groups excluding tert-OH is 1. The van der Waals surface area contributed by atoms with E-state index < -0.39 is 59.9 Å². The largest absolute Gasteiger partial charge is 0.481 e. The van der Waals surface area contributed by atoms with Gasteiger partial charge in [0.25, 0.3) is 0 Å². The molecule has 0 unspecified atom stereocenters. The van der Waals surface area contributed by atoms with Crippen molar-refractivity contribution in [3.8, 4) is 0 Å². The Morgan fingerprint density at radius 2 is 1.59 bits per heavy atom. The molecule has 0 aromatic heterocycles. The minimum atomic E-state index is -1.39. The fraction of sp³-hybridized carbons (Fsp3) is 0.789. The van der Waals surface area contributed by atoms with Crippen molar-refractivity contribution in [1.29, 1.82) is 0 Å². The van der Waals surface area contributed by atoms with E-state index in [1.807, 2.05) is 0 Å². The smallest absolute Gasteiger partial charge is 0.408 e. The number of aliphatic carboxylic acids is 1. The molecule has 0 saturated carbocycles. The molecule has 3 N–H and O–H groups in total. The van der Waals surface area contributed by atoms with Gasteiger partial charge in [0.15, 0.2) is 0 Å². The Labute approximate surface area is 170 Å². The first-order valence-electron chi connectivity index (χ1n) is 9.52. The van der Waals surface area contributed by atoms with Gasteiger partial charge in [-0.3, -0.25) is 9.59 Å². The van der Waals surface area contributed by atoms with Gasteiger partial charge in [-0.25, -0.2) is 9.59 Å². The summed E-state index contributed by atoms with van der Waals surface area (Å²) >= 11 is 0. The Hall–Kier alpha value is -2.36. The molecule has 10 heteroatoms. The molecule has 1 heterocycles. The van der Waals surface area contributed by atoms with Crippen molar-refractivity contribution in [2.24, 2.45) is 0 Å². The summed E-state index contributed by atoms with van der Waals surface area (Å²) < 4.78 is 10.5. The molecular weight excluding hydrogens is 384 g/mol. The quantitative estimate of drug-likeness (QED) is 0.545. The maximum Gasteiger partial charge on any atom is 0.408 e. The van der Waals surface area contributed by atoms with Crippen molar-refractivity contribution in [2.45, 2.75) is 90.1 Å². The van der Waals surface area contributed by atoms with Crippen LogP contribution in [0.4, 0.5) is 4.79 Å². The normalized spacial score (nSPS) is 20.7. The zero-order valence-electron chi connectivity index (χ0n) is 17.9. The fourth-order valence-electron chi connectivity index (χ4n) is 3.03. The van der Waals surface area contributed by atoms with Gasteiger partial charge in [0, 0.05) is 6.04 Å². The Kier molecular flexibility index (Phi) is 8.02. The van der Waals surface area contributed by atoms with Gasteiger partial charge in [-0.05, 0) is 54.4 Å². The predicted octanol–water partition coefficient (Wildman–Crippen LogP) is 1.05. The van der Waals surface area contributed by atoms with E-state index >= 15 is 0 Å². The Balaban J connectivity index is 3.06. The van der Waals surface area contributed by atoms with Gasteiger partial charge >= 0.3 is 18.0 Å². The van der Waals surface area contributed by atoms with Crippen LogP contribution in [-0.2, 0) is 23.9 Å². The molecule has 0 bridgehead atoms. The molecule has 1 fully saturated rings. The highest BCUT2D eigenvalue weighted by Crippen LogP contribution is 2.29. The van der Waals surface area contributed by atoms with Crippen molar-refractivity contribution >= 4 is 23.9 Å². The van der Waals surface area contributed by atoms with Crippen LogP contribution in [-0.4, -0.2) is 75.0 Å². The highest BCUT2D eigenvalue weighted by molar-refractivity contribution is 5.91. The lowest BCUT2D eigenvalue weighted by molar-refractivity contribution is -0.165. The molecule has 3 atom stereocenters. The summed E-state index contributed by atoms with van der Waals surface area (Å²) in [6.07, 6.45) is -0.765. The van der Waals surface area contributed by atoms with Gasteiger partial charge < -0.3 is 29.9 Å². The molecular formula is C19H32N2O8. The van der Waals surface area contributed by atoms with Gasteiger partial charge in [-0.1, -0.05) is 0 Å². The molecule has 0 aromatic carbocycles. The number of rotatable bonds is 6. The first-order valence-corrected chi connectivity index (χ1v) is 9.52. The molecule has 166 valence electrons. The summed E-state index contributed by atoms with van der Waals surface area (Å²) in [6.45, 7) is 9.23. The second-order valence-electron chi connectivity index (χ2n) is 9.01. The number of likely N-dealkylation sites (tertiary alicyclic amines) is 1. The maximum absolute atomic E-state index is 13.0. The van der Waals surface area contributed by atoms with Crippen molar-refractivity contribution in [1.82, 2.24) is 10.2 Å². The van der Waals surface area contributed by atoms with E-state index in [-0.39, 0.29) is 19.3 Å². The second-order valence-corrected chi connectivity index (χ2v) is 9.01. The maximum atomic E-state index is 13.0. The third-order valence-electron chi connectivity index (χ3n) is 4.02. The van der Waals surface area contributed by atoms with E-state index in [2.05, 4.69) is 5.32 Å². The molecule has 1 aliphatic heterocycles. The molecule has 0 aromatic rings. The zero-order valence-corrected chi connectivity index (χ0v) is 17.9. The van der Waals surface area contributed by atoms with Gasteiger partial charge in [0.1, 0.15) is 23.3 Å². The minimum Gasteiger partial charge on any atom is -0.481 e. The van der Waals surface area contributed by atoms with E-state index in [1.165, 1.54) is 0 Å². The summed E-state index contributed by atoms with van der Waals surface area (Å²) in [5.74, 6) is -2.55. The first-order chi connectivity index (χ1) is 13.1. The van der Waals surface area contributed by atoms with Crippen LogP contribution in [0.5, 0.6) is 0 Å². The molecule has 10 nitrogen and oxygen atoms in total. The number of esters is 1. The Morgan fingerprint density at radius 3 is 2.03 bits per heavy atom. The lowest BCUT2D eigenvalue weighted by atomic mass is 10.1. The molecule has 1 rings (SSSR count). The number of hydrogen-bond donors (Lipinski definition) is 3. The van der Waals surface area contributed by atoms with Crippen molar-refractivity contribution in [3.63, 3.8) is 0 Å². The number of hydrogen-bond acceptors (Lipinski definition) is 7. The Morgan fingerprint density at radius 1 is 1.03 bits per heavy atom. The lowest BCUT2D eigenvalue weighted by Gasteiger charge is -2.33. The van der Waals surface area contributed by atoms with Crippen LogP contribution in [0.3, 0.4) is 0 Å². The van der Waals surface area contributed by atoms with Crippen LogP contribution in [0.15, 0.2) is 0 Å². The molecule has 0 spiro atoms. The van der Waals surface area contributed by atoms with Crippen LogP contribution >= 0.6 is 0 Å². The number of carbonyl (C=O) groups excluding carboxylic acids is 3. The van der Waals surface area contributed by atoms with E-state index in [0.717, 1.165) is 4.90 Å². The van der Waals surface area contributed by atoms with E-state index in [4.69, 9.17) is 14.6 Å². The third-order valence-corrected chi connectivity index (χ3v) is 4.02. The number of ether oxygens (including phenoxy) is 2. The number of amides is 2. The molecule has 1 saturated heterocycles. The van der Waals surface area contributed by atoms with E-state index in [1.54, 1.807) is 41.5 Å². The van der Waals surface area contributed by atoms with E-state index in [9.17, 15) is 24.3 Å². The highest BCUT2D eigenvalue weighted by Gasteiger charge is 2.45. The average molecular weight is 416 g/mol. The molecule has 29 heavy (non-hydrogen) atoms. The molecule has 2 amide bonds. The van der Waals surface area contributed by atoms with Crippen LogP contribution in [0.2, 0.25) is 0 Å². The number of carboxylic acids is 1. The van der Waals surface area contributed by atoms with Gasteiger partial charge in [-0.15, -0.1) is 0 Å². The predicted molar refractivity (Wildman–Crippen MR) is 102 cm³/mol. The number of carboxylic acid groups (broad SMARTS) is 1. The second kappa shape index (κ2) is 9.43. The number of aliphatic hydroxyl groups is 1. The number of nitrogens with one attached hydrogen (secondary N) is 1. The standard InChI is InChI=1S/C19H32N2O8/c1-18(2,3)28-16(26)13-8-7-11(9-14(23)24)21(13)15(25)12(10-22)20-17(27)29-19(4,5)6/h11-13,22H,7-10H2,1-6H3,(H,20,27)(H,23,24)/t11-,12+,13+/m1/s1. The summed E-state index contributed by atoms with van der Waals surface area (Å²) in [7, 11) is 0. The first kappa shape index (κ1) is 24.7. The molecule has 0 radical (unpaired) electrons. The van der Waals surface area contributed by atoms with Gasteiger partial charge in [0.2, 0.25) is 5.91 Å². The van der Waals surface area contributed by atoms with Crippen molar-refractivity contribution in [3.05, 3.63) is 0 Å². The van der Waals surface area contributed by atoms with Crippen LogP contribution in [0, 0.1) is 0 Å². The average Bonchev–Trinajstić information content (AvgIpc) is 2.91. The number of carbonyl (C=O) groups is 4.